The molecular formula is C10H12Br2O3. The molecule has 0 aromatic heterocycles. The molecule has 1 unspecified atom stereocenters. The van der Waals surface area contributed by atoms with Crippen LogP contribution in [0.15, 0.2) is 18.2 Å². The highest BCUT2D eigenvalue weighted by Crippen LogP contribution is 2.33. The van der Waals surface area contributed by atoms with Gasteiger partial charge in [-0.1, -0.05) is 37.9 Å². The maximum absolute atomic E-state index is 9.79. The first kappa shape index (κ1) is 12.8. The monoisotopic (exact) mass is 338 g/mol. The maximum atomic E-state index is 9.79. The first-order chi connectivity index (χ1) is 7.10. The average Bonchev–Trinajstić information content (AvgIpc) is 2.26. The molecule has 1 rings (SSSR count). The number of alkyl halides is 2. The van der Waals surface area contributed by atoms with Crippen LogP contribution in [0.25, 0.3) is 0 Å². The zero-order valence-corrected chi connectivity index (χ0v) is 11.6. The maximum Gasteiger partial charge on any atom is 0.161 e. The van der Waals surface area contributed by atoms with E-state index < -0.39 is 6.10 Å². The Bertz CT molecular complexity index is 328. The summed E-state index contributed by atoms with van der Waals surface area (Å²) in [5.41, 5.74) is 0.756. The number of rotatable bonds is 4. The lowest BCUT2D eigenvalue weighted by Gasteiger charge is -2.14. The first-order valence-electron chi connectivity index (χ1n) is 4.28. The lowest BCUT2D eigenvalue weighted by atomic mass is 10.1. The lowest BCUT2D eigenvalue weighted by molar-refractivity contribution is 0.198. The molecule has 1 aromatic carbocycles. The molecule has 0 bridgehead atoms. The molecule has 0 saturated carbocycles. The minimum atomic E-state index is -0.634. The van der Waals surface area contributed by atoms with Gasteiger partial charge in [0.25, 0.3) is 0 Å². The number of aliphatic hydroxyl groups excluding tert-OH is 1. The smallest absolute Gasteiger partial charge is 0.161 e. The molecule has 5 heteroatoms. The third-order valence-corrected chi connectivity index (χ3v) is 2.99. The standard InChI is InChI=1S/C10H12Br2O3/c1-14-7-4-3-6(5-8(7)15-2)9(13)10(11)12/h3-5,9-10,13H,1-2H3. The number of aliphatic hydroxyl groups is 1. The topological polar surface area (TPSA) is 38.7 Å². The van der Waals surface area contributed by atoms with Gasteiger partial charge in [0.15, 0.2) is 11.5 Å². The fraction of sp³-hybridized carbons (Fsp3) is 0.400. The summed E-state index contributed by atoms with van der Waals surface area (Å²) in [5, 5.41) is 9.79. The number of hydrogen-bond donors (Lipinski definition) is 1. The molecule has 15 heavy (non-hydrogen) atoms. The second-order valence-corrected chi connectivity index (χ2v) is 6.10. The van der Waals surface area contributed by atoms with Gasteiger partial charge < -0.3 is 14.6 Å². The summed E-state index contributed by atoms with van der Waals surface area (Å²) in [6, 6.07) is 5.31. The van der Waals surface area contributed by atoms with E-state index in [1.165, 1.54) is 0 Å². The predicted octanol–water partition coefficient (Wildman–Crippen LogP) is 2.85. The summed E-state index contributed by atoms with van der Waals surface area (Å²) in [6.07, 6.45) is -0.634. The molecule has 1 N–H and O–H groups in total. The van der Waals surface area contributed by atoms with Crippen molar-refractivity contribution < 1.29 is 14.6 Å². The van der Waals surface area contributed by atoms with Crippen molar-refractivity contribution in [3.63, 3.8) is 0 Å². The van der Waals surface area contributed by atoms with Crippen LogP contribution in [0.2, 0.25) is 0 Å². The van der Waals surface area contributed by atoms with E-state index in [9.17, 15) is 5.11 Å². The van der Waals surface area contributed by atoms with E-state index in [1.807, 2.05) is 0 Å². The average molecular weight is 340 g/mol. The van der Waals surface area contributed by atoms with Gasteiger partial charge in [0.2, 0.25) is 0 Å². The molecule has 3 nitrogen and oxygen atoms in total. The van der Waals surface area contributed by atoms with Gasteiger partial charge in [-0.2, -0.15) is 0 Å². The van der Waals surface area contributed by atoms with Gasteiger partial charge in [0, 0.05) is 0 Å². The second kappa shape index (κ2) is 5.72. The Morgan fingerprint density at radius 1 is 1.13 bits per heavy atom. The van der Waals surface area contributed by atoms with Gasteiger partial charge in [-0.3, -0.25) is 0 Å². The largest absolute Gasteiger partial charge is 0.493 e. The Morgan fingerprint density at radius 3 is 2.20 bits per heavy atom. The third-order valence-electron chi connectivity index (χ3n) is 1.99. The van der Waals surface area contributed by atoms with Gasteiger partial charge >= 0.3 is 0 Å². The van der Waals surface area contributed by atoms with Gasteiger partial charge in [0.1, 0.15) is 6.10 Å². The highest BCUT2D eigenvalue weighted by Gasteiger charge is 2.16. The van der Waals surface area contributed by atoms with E-state index >= 15 is 0 Å². The third kappa shape index (κ3) is 3.09. The second-order valence-electron chi connectivity index (χ2n) is 2.89. The van der Waals surface area contributed by atoms with E-state index in [1.54, 1.807) is 32.4 Å². The highest BCUT2D eigenvalue weighted by molar-refractivity contribution is 9.24. The molecule has 0 aliphatic heterocycles. The fourth-order valence-corrected chi connectivity index (χ4v) is 1.79. The molecule has 0 spiro atoms. The van der Waals surface area contributed by atoms with E-state index in [0.29, 0.717) is 11.5 Å². The van der Waals surface area contributed by atoms with Gasteiger partial charge in [-0.25, -0.2) is 0 Å². The van der Waals surface area contributed by atoms with E-state index in [4.69, 9.17) is 9.47 Å². The van der Waals surface area contributed by atoms with Crippen molar-refractivity contribution in [2.24, 2.45) is 0 Å². The number of methoxy groups -OCH3 is 2. The van der Waals surface area contributed by atoms with Crippen molar-refractivity contribution in [2.45, 2.75) is 9.84 Å². The predicted molar refractivity (Wildman–Crippen MR) is 66.1 cm³/mol. The molecule has 0 aliphatic carbocycles. The van der Waals surface area contributed by atoms with Crippen LogP contribution in [0.1, 0.15) is 11.7 Å². The molecule has 0 saturated heterocycles. The van der Waals surface area contributed by atoms with Crippen LogP contribution in [0.4, 0.5) is 0 Å². The summed E-state index contributed by atoms with van der Waals surface area (Å²) < 4.78 is 10.0. The number of hydrogen-bond acceptors (Lipinski definition) is 3. The number of ether oxygens (including phenoxy) is 2. The quantitative estimate of drug-likeness (QED) is 0.857. The molecule has 0 heterocycles. The molecule has 0 fully saturated rings. The van der Waals surface area contributed by atoms with Gasteiger partial charge in [0.05, 0.1) is 18.0 Å². The van der Waals surface area contributed by atoms with Crippen molar-refractivity contribution in [1.82, 2.24) is 0 Å². The van der Waals surface area contributed by atoms with E-state index in [0.717, 1.165) is 5.56 Å². The summed E-state index contributed by atoms with van der Waals surface area (Å²) in [6.45, 7) is 0. The molecule has 1 atom stereocenters. The van der Waals surface area contributed by atoms with Crippen molar-refractivity contribution in [2.75, 3.05) is 14.2 Å². The zero-order valence-electron chi connectivity index (χ0n) is 8.41. The molecule has 0 aliphatic rings. The Balaban J connectivity index is 3.02. The summed E-state index contributed by atoms with van der Waals surface area (Å²) in [5.74, 6) is 1.25. The van der Waals surface area contributed by atoms with E-state index in [2.05, 4.69) is 31.9 Å². The minimum absolute atomic E-state index is 0.192. The van der Waals surface area contributed by atoms with Crippen molar-refractivity contribution in [1.29, 1.82) is 0 Å². The Kier molecular flexibility index (Phi) is 4.89. The summed E-state index contributed by atoms with van der Waals surface area (Å²) in [7, 11) is 3.14. The van der Waals surface area contributed by atoms with Crippen LogP contribution in [0.3, 0.4) is 0 Å². The molecule has 0 amide bonds. The Labute approximate surface area is 106 Å². The van der Waals surface area contributed by atoms with Crippen molar-refractivity contribution in [3.05, 3.63) is 23.8 Å². The molecular weight excluding hydrogens is 328 g/mol. The van der Waals surface area contributed by atoms with Crippen molar-refractivity contribution in [3.8, 4) is 11.5 Å². The van der Waals surface area contributed by atoms with Crippen LogP contribution in [-0.4, -0.2) is 23.1 Å². The van der Waals surface area contributed by atoms with Crippen LogP contribution in [-0.2, 0) is 0 Å². The van der Waals surface area contributed by atoms with E-state index in [-0.39, 0.29) is 3.74 Å². The number of halogens is 2. The fourth-order valence-electron chi connectivity index (χ4n) is 1.18. The minimum Gasteiger partial charge on any atom is -0.493 e. The first-order valence-corrected chi connectivity index (χ1v) is 6.11. The van der Waals surface area contributed by atoms with Crippen LogP contribution < -0.4 is 9.47 Å². The molecule has 0 radical (unpaired) electrons. The zero-order chi connectivity index (χ0) is 11.4. The number of benzene rings is 1. The normalized spacial score (nSPS) is 12.7. The SMILES string of the molecule is COc1ccc(C(O)C(Br)Br)cc1OC. The van der Waals surface area contributed by atoms with Gasteiger partial charge in [-0.05, 0) is 17.7 Å². The summed E-state index contributed by atoms with van der Waals surface area (Å²) >= 11 is 6.51. The van der Waals surface area contributed by atoms with Crippen LogP contribution in [0.5, 0.6) is 11.5 Å². The van der Waals surface area contributed by atoms with Gasteiger partial charge in [-0.15, -0.1) is 0 Å². The van der Waals surface area contributed by atoms with Crippen LogP contribution in [0, 0.1) is 0 Å². The lowest BCUT2D eigenvalue weighted by Crippen LogP contribution is -2.05. The van der Waals surface area contributed by atoms with Crippen LogP contribution >= 0.6 is 31.9 Å². The summed E-state index contributed by atoms with van der Waals surface area (Å²) in [4.78, 5) is 0. The molecule has 84 valence electrons. The highest BCUT2D eigenvalue weighted by atomic mass is 79.9. The Morgan fingerprint density at radius 2 is 1.73 bits per heavy atom. The van der Waals surface area contributed by atoms with Crippen molar-refractivity contribution >= 4 is 31.9 Å². The molecule has 1 aromatic rings. The Hall–Kier alpha value is -0.260.